The Balaban J connectivity index is 1.93. The van der Waals surface area contributed by atoms with Crippen LogP contribution in [0.1, 0.15) is 0 Å². The maximum atomic E-state index is 5.22. The molecule has 0 unspecified atom stereocenters. The number of benzene rings is 2. The first-order chi connectivity index (χ1) is 9.24. The average Bonchev–Trinajstić information content (AvgIpc) is 2.79. The SMILES string of the molecule is COc1ccc2nc(Nc3cccc(Br)c3)sc2c1. The standard InChI is InChI=1S/C14H11BrN2OS/c1-18-11-5-6-12-13(8-11)19-14(17-12)16-10-4-2-3-9(15)7-10/h2-8H,1H3,(H,16,17). The zero-order valence-electron chi connectivity index (χ0n) is 10.2. The number of halogens is 1. The molecular formula is C14H11BrN2OS. The predicted octanol–water partition coefficient (Wildman–Crippen LogP) is 4.81. The zero-order chi connectivity index (χ0) is 13.2. The predicted molar refractivity (Wildman–Crippen MR) is 83.6 cm³/mol. The first-order valence-corrected chi connectivity index (χ1v) is 7.33. The van der Waals surface area contributed by atoms with E-state index in [0.717, 1.165) is 31.3 Å². The van der Waals surface area contributed by atoms with Gasteiger partial charge >= 0.3 is 0 Å². The second kappa shape index (κ2) is 5.19. The lowest BCUT2D eigenvalue weighted by Crippen LogP contribution is -1.88. The number of fused-ring (bicyclic) bond motifs is 1. The molecule has 0 aliphatic rings. The Kier molecular flexibility index (Phi) is 3.40. The van der Waals surface area contributed by atoms with Crippen LogP contribution in [0, 0.1) is 0 Å². The molecule has 0 spiro atoms. The summed E-state index contributed by atoms with van der Waals surface area (Å²) in [6.07, 6.45) is 0. The number of aromatic nitrogens is 1. The Bertz CT molecular complexity index is 726. The summed E-state index contributed by atoms with van der Waals surface area (Å²) in [5.74, 6) is 0.852. The van der Waals surface area contributed by atoms with Crippen LogP contribution in [0.2, 0.25) is 0 Å². The van der Waals surface area contributed by atoms with Crippen molar-refractivity contribution in [3.8, 4) is 5.75 Å². The molecule has 0 saturated carbocycles. The number of hydrogen-bond donors (Lipinski definition) is 1. The lowest BCUT2D eigenvalue weighted by molar-refractivity contribution is 0.415. The van der Waals surface area contributed by atoms with Gasteiger partial charge in [-0.05, 0) is 36.4 Å². The molecule has 1 aromatic heterocycles. The highest BCUT2D eigenvalue weighted by molar-refractivity contribution is 9.10. The molecule has 96 valence electrons. The monoisotopic (exact) mass is 334 g/mol. The Morgan fingerprint density at radius 3 is 2.89 bits per heavy atom. The molecule has 2 aromatic carbocycles. The van der Waals surface area contributed by atoms with E-state index in [4.69, 9.17) is 4.74 Å². The van der Waals surface area contributed by atoms with Gasteiger partial charge < -0.3 is 10.1 Å². The summed E-state index contributed by atoms with van der Waals surface area (Å²) in [6.45, 7) is 0. The molecule has 0 aliphatic heterocycles. The fourth-order valence-electron chi connectivity index (χ4n) is 1.78. The second-order valence-corrected chi connectivity index (χ2v) is 5.93. The lowest BCUT2D eigenvalue weighted by Gasteiger charge is -2.01. The van der Waals surface area contributed by atoms with E-state index in [1.54, 1.807) is 18.4 Å². The van der Waals surface area contributed by atoms with Crippen molar-refractivity contribution in [3.05, 3.63) is 46.9 Å². The van der Waals surface area contributed by atoms with E-state index in [-0.39, 0.29) is 0 Å². The highest BCUT2D eigenvalue weighted by atomic mass is 79.9. The fourth-order valence-corrected chi connectivity index (χ4v) is 3.09. The van der Waals surface area contributed by atoms with E-state index in [0.29, 0.717) is 0 Å². The molecule has 0 saturated heterocycles. The van der Waals surface area contributed by atoms with Crippen LogP contribution in [-0.2, 0) is 0 Å². The summed E-state index contributed by atoms with van der Waals surface area (Å²) in [6, 6.07) is 13.9. The van der Waals surface area contributed by atoms with Crippen molar-refractivity contribution in [2.45, 2.75) is 0 Å². The molecule has 0 radical (unpaired) electrons. The number of nitrogens with zero attached hydrogens (tertiary/aromatic N) is 1. The van der Waals surface area contributed by atoms with Gasteiger partial charge in [-0.1, -0.05) is 33.3 Å². The Morgan fingerprint density at radius 2 is 2.11 bits per heavy atom. The minimum Gasteiger partial charge on any atom is -0.497 e. The minimum absolute atomic E-state index is 0.852. The van der Waals surface area contributed by atoms with Crippen molar-refractivity contribution in [1.29, 1.82) is 0 Å². The molecule has 0 aliphatic carbocycles. The second-order valence-electron chi connectivity index (χ2n) is 3.99. The Morgan fingerprint density at radius 1 is 1.21 bits per heavy atom. The van der Waals surface area contributed by atoms with Crippen LogP contribution in [0.25, 0.3) is 10.2 Å². The minimum atomic E-state index is 0.852. The summed E-state index contributed by atoms with van der Waals surface area (Å²) in [5.41, 5.74) is 1.99. The summed E-state index contributed by atoms with van der Waals surface area (Å²) >= 11 is 5.07. The molecule has 5 heteroatoms. The van der Waals surface area contributed by atoms with Crippen molar-refractivity contribution in [1.82, 2.24) is 4.98 Å². The van der Waals surface area contributed by atoms with E-state index in [9.17, 15) is 0 Å². The quantitative estimate of drug-likeness (QED) is 0.746. The molecule has 0 atom stereocenters. The maximum Gasteiger partial charge on any atom is 0.188 e. The largest absolute Gasteiger partial charge is 0.497 e. The summed E-state index contributed by atoms with van der Waals surface area (Å²) < 4.78 is 7.37. The molecule has 19 heavy (non-hydrogen) atoms. The third-order valence-electron chi connectivity index (χ3n) is 2.67. The van der Waals surface area contributed by atoms with Gasteiger partial charge in [-0.3, -0.25) is 0 Å². The average molecular weight is 335 g/mol. The molecule has 3 rings (SSSR count). The normalized spacial score (nSPS) is 10.6. The van der Waals surface area contributed by atoms with E-state index < -0.39 is 0 Å². The third-order valence-corrected chi connectivity index (χ3v) is 4.10. The summed E-state index contributed by atoms with van der Waals surface area (Å²) in [4.78, 5) is 4.55. The summed E-state index contributed by atoms with van der Waals surface area (Å²) in [7, 11) is 1.67. The van der Waals surface area contributed by atoms with Gasteiger partial charge in [0, 0.05) is 10.2 Å². The van der Waals surface area contributed by atoms with Gasteiger partial charge in [-0.15, -0.1) is 0 Å². The molecule has 0 amide bonds. The topological polar surface area (TPSA) is 34.1 Å². The summed E-state index contributed by atoms with van der Waals surface area (Å²) in [5, 5.41) is 4.18. The number of nitrogens with one attached hydrogen (secondary N) is 1. The van der Waals surface area contributed by atoms with Crippen molar-refractivity contribution in [3.63, 3.8) is 0 Å². The van der Waals surface area contributed by atoms with Crippen LogP contribution in [0.3, 0.4) is 0 Å². The van der Waals surface area contributed by atoms with Gasteiger partial charge in [0.1, 0.15) is 5.75 Å². The van der Waals surface area contributed by atoms with Crippen molar-refractivity contribution in [2.75, 3.05) is 12.4 Å². The van der Waals surface area contributed by atoms with Crippen molar-refractivity contribution in [2.24, 2.45) is 0 Å². The van der Waals surface area contributed by atoms with Gasteiger partial charge in [-0.2, -0.15) is 0 Å². The maximum absolute atomic E-state index is 5.22. The Hall–Kier alpha value is -1.59. The van der Waals surface area contributed by atoms with E-state index >= 15 is 0 Å². The van der Waals surface area contributed by atoms with Crippen molar-refractivity contribution < 1.29 is 4.74 Å². The molecule has 3 nitrogen and oxygen atoms in total. The van der Waals surface area contributed by atoms with Crippen LogP contribution < -0.4 is 10.1 Å². The smallest absolute Gasteiger partial charge is 0.188 e. The molecular weight excluding hydrogens is 324 g/mol. The molecule has 0 bridgehead atoms. The van der Waals surface area contributed by atoms with E-state index in [2.05, 4.69) is 26.2 Å². The number of thiazole rings is 1. The van der Waals surface area contributed by atoms with Crippen molar-refractivity contribution >= 4 is 48.3 Å². The van der Waals surface area contributed by atoms with Crippen LogP contribution in [0.5, 0.6) is 5.75 Å². The lowest BCUT2D eigenvalue weighted by atomic mass is 10.3. The fraction of sp³-hybridized carbons (Fsp3) is 0.0714. The van der Waals surface area contributed by atoms with Crippen LogP contribution in [0.4, 0.5) is 10.8 Å². The van der Waals surface area contributed by atoms with Gasteiger partial charge in [0.2, 0.25) is 0 Å². The molecule has 1 heterocycles. The number of rotatable bonds is 3. The van der Waals surface area contributed by atoms with Gasteiger partial charge in [0.25, 0.3) is 0 Å². The third kappa shape index (κ3) is 2.72. The molecule has 3 aromatic rings. The first kappa shape index (κ1) is 12.4. The van der Waals surface area contributed by atoms with Gasteiger partial charge in [0.05, 0.1) is 17.3 Å². The van der Waals surface area contributed by atoms with Gasteiger partial charge in [0.15, 0.2) is 5.13 Å². The highest BCUT2D eigenvalue weighted by Crippen LogP contribution is 2.31. The highest BCUT2D eigenvalue weighted by Gasteiger charge is 2.05. The Labute approximate surface area is 123 Å². The zero-order valence-corrected chi connectivity index (χ0v) is 12.6. The van der Waals surface area contributed by atoms with Crippen LogP contribution in [0.15, 0.2) is 46.9 Å². The van der Waals surface area contributed by atoms with E-state index in [1.165, 1.54) is 0 Å². The van der Waals surface area contributed by atoms with Gasteiger partial charge in [-0.25, -0.2) is 4.98 Å². The van der Waals surface area contributed by atoms with Crippen LogP contribution in [-0.4, -0.2) is 12.1 Å². The first-order valence-electron chi connectivity index (χ1n) is 5.72. The van der Waals surface area contributed by atoms with Crippen LogP contribution >= 0.6 is 27.3 Å². The number of ether oxygens (including phenoxy) is 1. The number of methoxy groups -OCH3 is 1. The number of hydrogen-bond acceptors (Lipinski definition) is 4. The van der Waals surface area contributed by atoms with E-state index in [1.807, 2.05) is 42.5 Å². The molecule has 0 fully saturated rings. The molecule has 1 N–H and O–H groups in total. The number of anilines is 2.